The number of rotatable bonds is 3. The van der Waals surface area contributed by atoms with E-state index in [0.29, 0.717) is 0 Å². The molecular weight excluding hydrogens is 308 g/mol. The van der Waals surface area contributed by atoms with E-state index in [2.05, 4.69) is 26.9 Å². The fourth-order valence-corrected chi connectivity index (χ4v) is 3.87. The van der Waals surface area contributed by atoms with Gasteiger partial charge in [0, 0.05) is 32.4 Å². The highest BCUT2D eigenvalue weighted by Crippen LogP contribution is 2.32. The Kier molecular flexibility index (Phi) is 3.75. The van der Waals surface area contributed by atoms with E-state index in [1.165, 1.54) is 4.70 Å². The van der Waals surface area contributed by atoms with E-state index in [9.17, 15) is 0 Å². The van der Waals surface area contributed by atoms with Gasteiger partial charge < -0.3 is 14.5 Å². The molecule has 1 saturated heterocycles. The average Bonchev–Trinajstić information content (AvgIpc) is 3.05. The minimum Gasteiger partial charge on any atom is -0.497 e. The molecule has 0 unspecified atom stereocenters. The van der Waals surface area contributed by atoms with Crippen LogP contribution in [0.3, 0.4) is 0 Å². The van der Waals surface area contributed by atoms with Crippen molar-refractivity contribution in [1.82, 2.24) is 9.97 Å². The molecule has 5 nitrogen and oxygen atoms in total. The smallest absolute Gasteiger partial charge is 0.186 e. The van der Waals surface area contributed by atoms with Crippen LogP contribution in [0.25, 0.3) is 10.2 Å². The second-order valence-corrected chi connectivity index (χ2v) is 6.50. The van der Waals surface area contributed by atoms with Crippen LogP contribution in [0.1, 0.15) is 0 Å². The van der Waals surface area contributed by atoms with Gasteiger partial charge in [0.1, 0.15) is 11.6 Å². The molecule has 3 aromatic rings. The molecule has 1 aromatic carbocycles. The van der Waals surface area contributed by atoms with Gasteiger partial charge in [0.2, 0.25) is 0 Å². The number of fused-ring (bicyclic) bond motifs is 1. The topological polar surface area (TPSA) is 41.5 Å². The Labute approximate surface area is 139 Å². The Morgan fingerprint density at radius 1 is 1.04 bits per heavy atom. The van der Waals surface area contributed by atoms with E-state index in [0.717, 1.165) is 48.4 Å². The highest BCUT2D eigenvalue weighted by Gasteiger charge is 2.20. The molecular formula is C17H18N4OS. The Balaban J connectivity index is 1.50. The van der Waals surface area contributed by atoms with E-state index in [1.54, 1.807) is 18.4 Å². The Bertz CT molecular complexity index is 797. The summed E-state index contributed by atoms with van der Waals surface area (Å²) in [6.07, 6.45) is 1.85. The molecule has 23 heavy (non-hydrogen) atoms. The molecule has 0 amide bonds. The molecule has 0 bridgehead atoms. The van der Waals surface area contributed by atoms with Crippen molar-refractivity contribution in [2.24, 2.45) is 0 Å². The van der Waals surface area contributed by atoms with E-state index >= 15 is 0 Å². The number of aromatic nitrogens is 2. The maximum atomic E-state index is 5.29. The van der Waals surface area contributed by atoms with Gasteiger partial charge >= 0.3 is 0 Å². The van der Waals surface area contributed by atoms with Crippen molar-refractivity contribution in [1.29, 1.82) is 0 Å². The third kappa shape index (κ3) is 2.82. The minimum atomic E-state index is 0.882. The van der Waals surface area contributed by atoms with E-state index < -0.39 is 0 Å². The number of methoxy groups -OCH3 is 1. The molecule has 0 saturated carbocycles. The molecule has 4 rings (SSSR count). The van der Waals surface area contributed by atoms with Crippen LogP contribution in [-0.2, 0) is 0 Å². The molecule has 3 heterocycles. The summed E-state index contributed by atoms with van der Waals surface area (Å²) in [6.45, 7) is 3.87. The molecule has 0 atom stereocenters. The van der Waals surface area contributed by atoms with E-state index in [-0.39, 0.29) is 0 Å². The highest BCUT2D eigenvalue weighted by molar-refractivity contribution is 7.22. The molecule has 0 spiro atoms. The van der Waals surface area contributed by atoms with Crippen molar-refractivity contribution < 1.29 is 4.74 Å². The summed E-state index contributed by atoms with van der Waals surface area (Å²) >= 11 is 1.73. The second kappa shape index (κ2) is 6.04. The Morgan fingerprint density at radius 2 is 1.87 bits per heavy atom. The SMILES string of the molecule is COc1ccc2nc(N3CCN(c4ccccn4)CC3)sc2c1. The van der Waals surface area contributed by atoms with Crippen molar-refractivity contribution in [2.45, 2.75) is 0 Å². The first-order valence-electron chi connectivity index (χ1n) is 7.69. The van der Waals surface area contributed by atoms with Crippen LogP contribution < -0.4 is 14.5 Å². The summed E-state index contributed by atoms with van der Waals surface area (Å²) in [5, 5.41) is 1.09. The van der Waals surface area contributed by atoms with Gasteiger partial charge in [-0.25, -0.2) is 9.97 Å². The Morgan fingerprint density at radius 3 is 2.61 bits per heavy atom. The largest absolute Gasteiger partial charge is 0.497 e. The predicted molar refractivity (Wildman–Crippen MR) is 94.8 cm³/mol. The number of benzene rings is 1. The molecule has 0 radical (unpaired) electrons. The number of piperazine rings is 1. The van der Waals surface area contributed by atoms with Crippen molar-refractivity contribution in [3.8, 4) is 5.75 Å². The highest BCUT2D eigenvalue weighted by atomic mass is 32.1. The van der Waals surface area contributed by atoms with Gasteiger partial charge in [0.05, 0.1) is 17.3 Å². The van der Waals surface area contributed by atoms with Crippen LogP contribution >= 0.6 is 11.3 Å². The third-order valence-electron chi connectivity index (χ3n) is 4.11. The van der Waals surface area contributed by atoms with Crippen molar-refractivity contribution in [3.05, 3.63) is 42.6 Å². The molecule has 1 aliphatic heterocycles. The average molecular weight is 326 g/mol. The monoisotopic (exact) mass is 326 g/mol. The number of anilines is 2. The number of hydrogen-bond acceptors (Lipinski definition) is 6. The van der Waals surface area contributed by atoms with Crippen molar-refractivity contribution in [2.75, 3.05) is 43.1 Å². The Hall–Kier alpha value is -2.34. The second-order valence-electron chi connectivity index (χ2n) is 5.49. The zero-order valence-electron chi connectivity index (χ0n) is 13.0. The van der Waals surface area contributed by atoms with Crippen LogP contribution in [0, 0.1) is 0 Å². The fourth-order valence-electron chi connectivity index (χ4n) is 2.82. The van der Waals surface area contributed by atoms with E-state index in [1.807, 2.05) is 30.5 Å². The molecule has 0 N–H and O–H groups in total. The lowest BCUT2D eigenvalue weighted by Gasteiger charge is -2.35. The van der Waals surface area contributed by atoms with Gasteiger partial charge in [0.25, 0.3) is 0 Å². The zero-order chi connectivity index (χ0) is 15.6. The lowest BCUT2D eigenvalue weighted by Crippen LogP contribution is -2.46. The summed E-state index contributed by atoms with van der Waals surface area (Å²) in [7, 11) is 1.69. The normalized spacial score (nSPS) is 15.2. The van der Waals surface area contributed by atoms with Gasteiger partial charge in [-0.05, 0) is 30.3 Å². The van der Waals surface area contributed by atoms with Gasteiger partial charge in [-0.1, -0.05) is 17.4 Å². The molecule has 0 aliphatic carbocycles. The van der Waals surface area contributed by atoms with Crippen LogP contribution in [0.5, 0.6) is 5.75 Å². The molecule has 2 aromatic heterocycles. The number of pyridine rings is 1. The maximum absolute atomic E-state index is 5.29. The van der Waals surface area contributed by atoms with Gasteiger partial charge in [-0.15, -0.1) is 0 Å². The van der Waals surface area contributed by atoms with Crippen molar-refractivity contribution >= 4 is 32.5 Å². The summed E-state index contributed by atoms with van der Waals surface area (Å²) in [5.41, 5.74) is 1.04. The summed E-state index contributed by atoms with van der Waals surface area (Å²) in [4.78, 5) is 13.9. The van der Waals surface area contributed by atoms with E-state index in [4.69, 9.17) is 9.72 Å². The summed E-state index contributed by atoms with van der Waals surface area (Å²) in [5.74, 6) is 1.94. The molecule has 118 valence electrons. The maximum Gasteiger partial charge on any atom is 0.186 e. The fraction of sp³-hybridized carbons (Fsp3) is 0.294. The zero-order valence-corrected chi connectivity index (χ0v) is 13.8. The number of thiazole rings is 1. The number of hydrogen-bond donors (Lipinski definition) is 0. The van der Waals surface area contributed by atoms with Crippen LogP contribution in [-0.4, -0.2) is 43.3 Å². The molecule has 1 fully saturated rings. The van der Waals surface area contributed by atoms with Gasteiger partial charge in [-0.2, -0.15) is 0 Å². The molecule has 1 aliphatic rings. The minimum absolute atomic E-state index is 0.882. The van der Waals surface area contributed by atoms with Crippen LogP contribution in [0.4, 0.5) is 10.9 Å². The lowest BCUT2D eigenvalue weighted by molar-refractivity contribution is 0.415. The standard InChI is InChI=1S/C17H18N4OS/c1-22-13-5-6-14-15(12-13)23-17(19-14)21-10-8-20(9-11-21)16-4-2-3-7-18-16/h2-7,12H,8-11H2,1H3. The number of nitrogens with zero attached hydrogens (tertiary/aromatic N) is 4. The van der Waals surface area contributed by atoms with Gasteiger partial charge in [-0.3, -0.25) is 0 Å². The number of ether oxygens (including phenoxy) is 1. The predicted octanol–water partition coefficient (Wildman–Crippen LogP) is 3.03. The first kappa shape index (κ1) is 14.3. The first-order valence-corrected chi connectivity index (χ1v) is 8.50. The third-order valence-corrected chi connectivity index (χ3v) is 5.19. The van der Waals surface area contributed by atoms with Crippen LogP contribution in [0.15, 0.2) is 42.6 Å². The van der Waals surface area contributed by atoms with Crippen LogP contribution in [0.2, 0.25) is 0 Å². The lowest BCUT2D eigenvalue weighted by atomic mass is 10.3. The van der Waals surface area contributed by atoms with Crippen molar-refractivity contribution in [3.63, 3.8) is 0 Å². The summed E-state index contributed by atoms with van der Waals surface area (Å²) in [6, 6.07) is 12.1. The first-order chi connectivity index (χ1) is 11.3. The quantitative estimate of drug-likeness (QED) is 0.740. The van der Waals surface area contributed by atoms with Gasteiger partial charge in [0.15, 0.2) is 5.13 Å². The summed E-state index contributed by atoms with van der Waals surface area (Å²) < 4.78 is 6.46. The molecule has 6 heteroatoms.